The summed E-state index contributed by atoms with van der Waals surface area (Å²) in [6.07, 6.45) is -16.6. The van der Waals surface area contributed by atoms with E-state index in [0.29, 0.717) is 12.8 Å². The van der Waals surface area contributed by atoms with E-state index in [1.54, 1.807) is 0 Å². The average molecular weight is 651 g/mol. The average Bonchev–Trinajstić information content (AvgIpc) is 2.80. The fourth-order valence-corrected chi connectivity index (χ4v) is 3.16. The van der Waals surface area contributed by atoms with Gasteiger partial charge in [0.05, 0.1) is 52.7 Å². The molecule has 0 radical (unpaired) electrons. The molecule has 254 valence electrons. The third-order valence-electron chi connectivity index (χ3n) is 5.67. The lowest BCUT2D eigenvalue weighted by Gasteiger charge is -2.29. The van der Waals surface area contributed by atoms with E-state index in [9.17, 15) is 62.9 Å². The van der Waals surface area contributed by atoms with Gasteiger partial charge in [-0.2, -0.15) is 35.1 Å². The summed E-state index contributed by atoms with van der Waals surface area (Å²) < 4.78 is 173. The zero-order valence-corrected chi connectivity index (χ0v) is 23.2. The lowest BCUT2D eigenvalue weighted by molar-refractivity contribution is -0.303. The van der Waals surface area contributed by atoms with Crippen molar-refractivity contribution in [2.24, 2.45) is 10.8 Å². The van der Waals surface area contributed by atoms with E-state index in [4.69, 9.17) is 14.2 Å². The third kappa shape index (κ3) is 17.9. The van der Waals surface area contributed by atoms with Crippen molar-refractivity contribution in [3.8, 4) is 0 Å². The molecule has 0 aliphatic rings. The first-order chi connectivity index (χ1) is 18.9. The van der Waals surface area contributed by atoms with Crippen molar-refractivity contribution < 1.29 is 81.8 Å². The molecule has 0 heterocycles. The molecule has 0 fully saturated rings. The summed E-state index contributed by atoms with van der Waals surface area (Å²) in [7, 11) is 0. The Balaban J connectivity index is 4.25. The highest BCUT2D eigenvalue weighted by Crippen LogP contribution is 2.43. The smallest absolute Gasteiger partial charge is 0.396 e. The van der Waals surface area contributed by atoms with Gasteiger partial charge in [-0.15, -0.1) is 0 Å². The molecule has 0 saturated carbocycles. The van der Waals surface area contributed by atoms with E-state index in [1.807, 2.05) is 0 Å². The van der Waals surface area contributed by atoms with Crippen LogP contribution in [0.4, 0.5) is 52.7 Å². The van der Waals surface area contributed by atoms with Crippen LogP contribution in [0.5, 0.6) is 0 Å². The number of halogens is 12. The Kier molecular flexibility index (Phi) is 16.4. The summed E-state index contributed by atoms with van der Waals surface area (Å²) in [5.74, 6) is -14.1. The van der Waals surface area contributed by atoms with Gasteiger partial charge in [0.1, 0.15) is 13.0 Å². The third-order valence-corrected chi connectivity index (χ3v) is 5.67. The molecule has 2 N–H and O–H groups in total. The Morgan fingerprint density at radius 2 is 0.905 bits per heavy atom. The van der Waals surface area contributed by atoms with Gasteiger partial charge in [0, 0.05) is 30.5 Å². The molecular formula is C24H38F12O6. The molecule has 0 aromatic rings. The van der Waals surface area contributed by atoms with Gasteiger partial charge < -0.3 is 29.2 Å². The largest absolute Gasteiger partial charge is 0.453 e. The quantitative estimate of drug-likeness (QED) is 0.104. The number of hydrogen-bond donors (Lipinski definition) is 2. The van der Waals surface area contributed by atoms with Gasteiger partial charge in [0.15, 0.2) is 0 Å². The standard InChI is InChI=1S/C24H38F12O6/c1-18(11-37,15-41-8-5-20(25,26)10-23(31,32)33)13-39-6-3-4-7-40-14-19(2,12-38)16-42-17-21(27,28)9-22(29,30)24(34,35)36/h37-38H,3-17H2,1-2H3. The molecule has 0 amide bonds. The van der Waals surface area contributed by atoms with Crippen LogP contribution < -0.4 is 0 Å². The van der Waals surface area contributed by atoms with Crippen molar-refractivity contribution in [2.75, 3.05) is 66.1 Å². The number of unbranched alkanes of at least 4 members (excludes halogenated alkanes) is 1. The minimum Gasteiger partial charge on any atom is -0.396 e. The van der Waals surface area contributed by atoms with Gasteiger partial charge in [-0.1, -0.05) is 13.8 Å². The molecule has 0 rings (SSSR count). The minimum absolute atomic E-state index is 0.0667. The van der Waals surface area contributed by atoms with Gasteiger partial charge in [-0.25, -0.2) is 17.6 Å². The fraction of sp³-hybridized carbons (Fsp3) is 1.00. The molecule has 0 spiro atoms. The molecule has 0 bridgehead atoms. The first-order valence-electron chi connectivity index (χ1n) is 12.7. The summed E-state index contributed by atoms with van der Waals surface area (Å²) in [4.78, 5) is 0. The zero-order valence-electron chi connectivity index (χ0n) is 23.2. The van der Waals surface area contributed by atoms with Crippen LogP contribution in [-0.2, 0) is 18.9 Å². The summed E-state index contributed by atoms with van der Waals surface area (Å²) in [6.45, 7) is -1.55. The molecule has 2 unspecified atom stereocenters. The molecule has 0 aromatic carbocycles. The van der Waals surface area contributed by atoms with E-state index >= 15 is 0 Å². The van der Waals surface area contributed by atoms with Crippen LogP contribution in [0.15, 0.2) is 0 Å². The number of rotatable bonds is 23. The highest BCUT2D eigenvalue weighted by Gasteiger charge is 2.61. The lowest BCUT2D eigenvalue weighted by atomic mass is 9.94. The second kappa shape index (κ2) is 16.8. The minimum atomic E-state index is -6.14. The Bertz CT molecular complexity index is 750. The van der Waals surface area contributed by atoms with Crippen molar-refractivity contribution in [2.45, 2.75) is 76.1 Å². The van der Waals surface area contributed by atoms with Crippen LogP contribution in [0.2, 0.25) is 0 Å². The molecule has 0 aliphatic carbocycles. The van der Waals surface area contributed by atoms with Gasteiger partial charge in [0.2, 0.25) is 0 Å². The summed E-state index contributed by atoms with van der Waals surface area (Å²) in [5.41, 5.74) is -2.28. The monoisotopic (exact) mass is 650 g/mol. The number of hydrogen-bond acceptors (Lipinski definition) is 6. The SMILES string of the molecule is CC(CO)(COCCCCOCC(C)(CO)COCC(F)(F)CC(F)(F)C(F)(F)F)COCCC(F)(F)CC(F)(F)F. The summed E-state index contributed by atoms with van der Waals surface area (Å²) in [6, 6.07) is 0. The molecule has 6 nitrogen and oxygen atoms in total. The molecule has 2 atom stereocenters. The van der Waals surface area contributed by atoms with Crippen LogP contribution >= 0.6 is 0 Å². The Labute approximate surface area is 235 Å². The second-order valence-electron chi connectivity index (χ2n) is 10.9. The molecule has 0 aromatic heterocycles. The molecule has 42 heavy (non-hydrogen) atoms. The van der Waals surface area contributed by atoms with Crippen molar-refractivity contribution >= 4 is 0 Å². The topological polar surface area (TPSA) is 77.4 Å². The predicted octanol–water partition coefficient (Wildman–Crippen LogP) is 6.03. The lowest BCUT2D eigenvalue weighted by Crippen LogP contribution is -2.44. The van der Waals surface area contributed by atoms with Crippen LogP contribution in [0.3, 0.4) is 0 Å². The van der Waals surface area contributed by atoms with Crippen molar-refractivity contribution in [1.29, 1.82) is 0 Å². The second-order valence-corrected chi connectivity index (χ2v) is 10.9. The van der Waals surface area contributed by atoms with Crippen molar-refractivity contribution in [1.82, 2.24) is 0 Å². The van der Waals surface area contributed by atoms with Crippen molar-refractivity contribution in [3.05, 3.63) is 0 Å². The number of alkyl halides is 12. The Morgan fingerprint density at radius 3 is 1.29 bits per heavy atom. The van der Waals surface area contributed by atoms with E-state index in [1.165, 1.54) is 13.8 Å². The maximum Gasteiger partial charge on any atom is 0.453 e. The molecular weight excluding hydrogens is 612 g/mol. The van der Waals surface area contributed by atoms with Gasteiger partial charge >= 0.3 is 18.3 Å². The van der Waals surface area contributed by atoms with Crippen LogP contribution in [0.25, 0.3) is 0 Å². The van der Waals surface area contributed by atoms with Crippen LogP contribution in [0.1, 0.15) is 46.0 Å². The first kappa shape index (κ1) is 40.9. The highest BCUT2D eigenvalue weighted by atomic mass is 19.4. The Morgan fingerprint density at radius 1 is 0.500 bits per heavy atom. The highest BCUT2D eigenvalue weighted by molar-refractivity contribution is 4.84. The van der Waals surface area contributed by atoms with Gasteiger partial charge in [-0.3, -0.25) is 0 Å². The van der Waals surface area contributed by atoms with Gasteiger partial charge in [0.25, 0.3) is 11.8 Å². The maximum absolute atomic E-state index is 13.6. The number of aliphatic hydroxyl groups is 2. The van der Waals surface area contributed by atoms with Crippen LogP contribution in [0, 0.1) is 10.8 Å². The Hall–Kier alpha value is -1.08. The predicted molar refractivity (Wildman–Crippen MR) is 124 cm³/mol. The first-order valence-corrected chi connectivity index (χ1v) is 12.7. The molecule has 18 heteroatoms. The molecule has 0 saturated heterocycles. The maximum atomic E-state index is 13.6. The normalized spacial score (nSPS) is 16.9. The summed E-state index contributed by atoms with van der Waals surface area (Å²) >= 11 is 0. The molecule has 0 aliphatic heterocycles. The summed E-state index contributed by atoms with van der Waals surface area (Å²) in [5, 5.41) is 19.0. The number of aliphatic hydroxyl groups excluding tert-OH is 2. The van der Waals surface area contributed by atoms with Crippen LogP contribution in [-0.4, -0.2) is 106 Å². The number of ether oxygens (including phenoxy) is 4. The fourth-order valence-electron chi connectivity index (χ4n) is 3.16. The van der Waals surface area contributed by atoms with E-state index < -0.39 is 93.2 Å². The van der Waals surface area contributed by atoms with E-state index in [0.717, 1.165) is 0 Å². The van der Waals surface area contributed by atoms with Crippen molar-refractivity contribution in [3.63, 3.8) is 0 Å². The zero-order chi connectivity index (χ0) is 32.9. The van der Waals surface area contributed by atoms with Gasteiger partial charge in [-0.05, 0) is 12.8 Å². The van der Waals surface area contributed by atoms with E-state index in [-0.39, 0.29) is 33.0 Å². The van der Waals surface area contributed by atoms with E-state index in [2.05, 4.69) is 4.74 Å².